The van der Waals surface area contributed by atoms with Crippen LogP contribution in [0.4, 0.5) is 6.01 Å². The smallest absolute Gasteiger partial charge is 0.324 e. The zero-order valence-corrected chi connectivity index (χ0v) is 17.1. The van der Waals surface area contributed by atoms with Crippen LogP contribution in [0.2, 0.25) is 0 Å². The lowest BCUT2D eigenvalue weighted by Gasteiger charge is -2.49. The lowest BCUT2D eigenvalue weighted by Crippen LogP contribution is -2.61. The number of piperidine rings is 2. The topological polar surface area (TPSA) is 74.9 Å². The molecule has 4 unspecified atom stereocenters. The lowest BCUT2D eigenvalue weighted by atomic mass is 9.89. The van der Waals surface area contributed by atoms with Crippen molar-refractivity contribution in [2.45, 2.75) is 51.7 Å². The Kier molecular flexibility index (Phi) is 4.58. The number of fused-ring (bicyclic) bond motifs is 3. The molecule has 8 nitrogen and oxygen atoms in total. The molecule has 4 fully saturated rings. The summed E-state index contributed by atoms with van der Waals surface area (Å²) in [5, 5.41) is 3.97. The van der Waals surface area contributed by atoms with Crippen LogP contribution in [0.25, 0.3) is 0 Å². The molecular weight excluding hydrogens is 358 g/mol. The number of ether oxygens (including phenoxy) is 1. The first-order valence-electron chi connectivity index (χ1n) is 10.8. The monoisotopic (exact) mass is 389 g/mol. The zero-order chi connectivity index (χ0) is 19.4. The van der Waals surface area contributed by atoms with Crippen LogP contribution in [0.1, 0.15) is 32.5 Å². The average molecular weight is 390 g/mol. The Morgan fingerprint density at radius 2 is 1.75 bits per heavy atom. The predicted molar refractivity (Wildman–Crippen MR) is 103 cm³/mol. The summed E-state index contributed by atoms with van der Waals surface area (Å²) in [6.45, 7) is 11.3. The van der Waals surface area contributed by atoms with Gasteiger partial charge >= 0.3 is 6.01 Å². The molecule has 2 bridgehead atoms. The first-order chi connectivity index (χ1) is 13.6. The molecular formula is C20H31N5O3. The minimum absolute atomic E-state index is 0.278. The van der Waals surface area contributed by atoms with E-state index in [-0.39, 0.29) is 5.92 Å². The Balaban J connectivity index is 1.22. The molecule has 28 heavy (non-hydrogen) atoms. The van der Waals surface area contributed by atoms with E-state index in [2.05, 4.69) is 33.8 Å². The minimum Gasteiger partial charge on any atom is -0.377 e. The molecule has 1 aromatic rings. The molecule has 3 saturated heterocycles. The van der Waals surface area contributed by atoms with Gasteiger partial charge in [0.2, 0.25) is 5.91 Å². The molecule has 5 rings (SSSR count). The Morgan fingerprint density at radius 1 is 1.11 bits per heavy atom. The average Bonchev–Trinajstić information content (AvgIpc) is 3.00. The van der Waals surface area contributed by atoms with E-state index in [4.69, 9.17) is 9.26 Å². The molecule has 1 aromatic heterocycles. The van der Waals surface area contributed by atoms with Gasteiger partial charge in [0.05, 0.1) is 25.3 Å². The number of nitrogens with zero attached hydrogens (tertiary/aromatic N) is 5. The third kappa shape index (κ3) is 2.92. The number of likely N-dealkylation sites (tertiary alicyclic amines) is 1. The van der Waals surface area contributed by atoms with E-state index in [9.17, 15) is 4.79 Å². The maximum Gasteiger partial charge on any atom is 0.324 e. The second kappa shape index (κ2) is 6.99. The normalized spacial score (nSPS) is 37.0. The number of carbonyl (C=O) groups excluding carboxylic acids is 1. The molecule has 1 saturated carbocycles. The van der Waals surface area contributed by atoms with Gasteiger partial charge < -0.3 is 19.1 Å². The number of amides is 1. The minimum atomic E-state index is 0.278. The number of anilines is 1. The number of rotatable bonds is 5. The molecule has 1 aliphatic carbocycles. The van der Waals surface area contributed by atoms with Crippen LogP contribution < -0.4 is 4.90 Å². The second-order valence-corrected chi connectivity index (χ2v) is 8.82. The number of morpholine rings is 1. The van der Waals surface area contributed by atoms with Crippen LogP contribution >= 0.6 is 0 Å². The van der Waals surface area contributed by atoms with Gasteiger partial charge in [0.25, 0.3) is 0 Å². The molecule has 4 heterocycles. The summed E-state index contributed by atoms with van der Waals surface area (Å²) >= 11 is 0. The van der Waals surface area contributed by atoms with Crippen molar-refractivity contribution < 1.29 is 14.1 Å². The van der Waals surface area contributed by atoms with Crippen LogP contribution in [0.3, 0.4) is 0 Å². The van der Waals surface area contributed by atoms with Crippen molar-refractivity contribution in [3.8, 4) is 0 Å². The molecule has 0 spiro atoms. The molecule has 154 valence electrons. The molecule has 0 N–H and O–H groups in total. The van der Waals surface area contributed by atoms with Crippen molar-refractivity contribution in [3.63, 3.8) is 0 Å². The fraction of sp³-hybridized carbons (Fsp3) is 0.850. The van der Waals surface area contributed by atoms with Crippen LogP contribution in [0, 0.1) is 24.7 Å². The van der Waals surface area contributed by atoms with Crippen LogP contribution in [0.5, 0.6) is 0 Å². The fourth-order valence-corrected chi connectivity index (χ4v) is 5.86. The van der Waals surface area contributed by atoms with Crippen LogP contribution in [-0.4, -0.2) is 83.4 Å². The van der Waals surface area contributed by atoms with Gasteiger partial charge in [-0.3, -0.25) is 9.69 Å². The first-order valence-corrected chi connectivity index (χ1v) is 10.8. The van der Waals surface area contributed by atoms with E-state index in [1.54, 1.807) is 0 Å². The Hall–Kier alpha value is -1.67. The van der Waals surface area contributed by atoms with Crippen molar-refractivity contribution in [1.82, 2.24) is 19.9 Å². The summed E-state index contributed by atoms with van der Waals surface area (Å²) in [5.41, 5.74) is 0. The van der Waals surface area contributed by atoms with Gasteiger partial charge in [-0.2, -0.15) is 4.98 Å². The third-order valence-electron chi connectivity index (χ3n) is 7.33. The number of aromatic nitrogens is 2. The van der Waals surface area contributed by atoms with Crippen molar-refractivity contribution in [3.05, 3.63) is 5.82 Å². The van der Waals surface area contributed by atoms with Crippen molar-refractivity contribution in [2.75, 3.05) is 44.3 Å². The molecule has 4 aliphatic rings. The SMILES string of the molecule is CCN(CC)C(=O)C1C2CN(C3CC4COCC(C3)N4c3nc(C)no3)CC21. The molecule has 3 aliphatic heterocycles. The summed E-state index contributed by atoms with van der Waals surface area (Å²) in [6, 6.07) is 1.80. The Bertz CT molecular complexity index is 709. The highest BCUT2D eigenvalue weighted by molar-refractivity contribution is 5.82. The highest BCUT2D eigenvalue weighted by Crippen LogP contribution is 2.53. The Morgan fingerprint density at radius 3 is 2.29 bits per heavy atom. The van der Waals surface area contributed by atoms with Crippen molar-refractivity contribution in [2.24, 2.45) is 17.8 Å². The molecule has 1 amide bonds. The fourth-order valence-electron chi connectivity index (χ4n) is 5.86. The van der Waals surface area contributed by atoms with Crippen LogP contribution in [-0.2, 0) is 9.53 Å². The lowest BCUT2D eigenvalue weighted by molar-refractivity contribution is -0.133. The van der Waals surface area contributed by atoms with Gasteiger partial charge in [-0.25, -0.2) is 0 Å². The second-order valence-electron chi connectivity index (χ2n) is 8.82. The van der Waals surface area contributed by atoms with E-state index >= 15 is 0 Å². The third-order valence-corrected chi connectivity index (χ3v) is 7.33. The van der Waals surface area contributed by atoms with E-state index in [1.807, 2.05) is 11.8 Å². The molecule has 0 radical (unpaired) electrons. The van der Waals surface area contributed by atoms with Gasteiger partial charge in [0.1, 0.15) is 0 Å². The van der Waals surface area contributed by atoms with E-state index < -0.39 is 0 Å². The van der Waals surface area contributed by atoms with E-state index in [0.717, 1.165) is 52.2 Å². The van der Waals surface area contributed by atoms with E-state index in [0.29, 0.717) is 47.7 Å². The van der Waals surface area contributed by atoms with Gasteiger partial charge in [0.15, 0.2) is 5.82 Å². The van der Waals surface area contributed by atoms with Gasteiger partial charge in [-0.05, 0) is 45.4 Å². The summed E-state index contributed by atoms with van der Waals surface area (Å²) in [5.74, 6) is 2.48. The maximum atomic E-state index is 12.7. The zero-order valence-electron chi connectivity index (χ0n) is 17.1. The number of hydrogen-bond acceptors (Lipinski definition) is 7. The van der Waals surface area contributed by atoms with Gasteiger partial charge in [0, 0.05) is 38.1 Å². The summed E-state index contributed by atoms with van der Waals surface area (Å²) < 4.78 is 11.3. The van der Waals surface area contributed by atoms with E-state index in [1.165, 1.54) is 0 Å². The highest BCUT2D eigenvalue weighted by atomic mass is 16.5. The molecule has 4 atom stereocenters. The quantitative estimate of drug-likeness (QED) is 0.748. The molecule has 8 heteroatoms. The highest BCUT2D eigenvalue weighted by Gasteiger charge is 2.61. The summed E-state index contributed by atoms with van der Waals surface area (Å²) in [7, 11) is 0. The van der Waals surface area contributed by atoms with Gasteiger partial charge in [-0.1, -0.05) is 5.16 Å². The number of aryl methyl sites for hydroxylation is 1. The number of carbonyl (C=O) groups is 1. The summed E-state index contributed by atoms with van der Waals surface area (Å²) in [4.78, 5) is 24.1. The predicted octanol–water partition coefficient (Wildman–Crippen LogP) is 1.16. The Labute approximate surface area is 166 Å². The summed E-state index contributed by atoms with van der Waals surface area (Å²) in [6.07, 6.45) is 2.12. The van der Waals surface area contributed by atoms with Crippen molar-refractivity contribution in [1.29, 1.82) is 0 Å². The number of hydrogen-bond donors (Lipinski definition) is 0. The van der Waals surface area contributed by atoms with Crippen LogP contribution in [0.15, 0.2) is 4.52 Å². The molecule has 0 aromatic carbocycles. The first kappa shape index (κ1) is 18.4. The standard InChI is InChI=1S/C20H31N5O3/c1-4-23(5-2)19(26)18-16-8-24(9-17(16)18)13-6-14-10-27-11-15(7-13)25(14)20-21-12(3)22-28-20/h13-18H,4-11H2,1-3H3. The largest absolute Gasteiger partial charge is 0.377 e. The van der Waals surface area contributed by atoms with Crippen molar-refractivity contribution >= 4 is 11.9 Å². The van der Waals surface area contributed by atoms with Gasteiger partial charge in [-0.15, -0.1) is 0 Å². The maximum absolute atomic E-state index is 12.7.